The molecule has 0 spiro atoms. The summed E-state index contributed by atoms with van der Waals surface area (Å²) in [5.41, 5.74) is 3.26. The van der Waals surface area contributed by atoms with Crippen LogP contribution in [0.4, 0.5) is 0 Å². The van der Waals surface area contributed by atoms with Gasteiger partial charge in [0, 0.05) is 30.9 Å². The summed E-state index contributed by atoms with van der Waals surface area (Å²) in [5.74, 6) is -0.0465. The molecule has 5 rings (SSSR count). The van der Waals surface area contributed by atoms with Crippen LogP contribution in [-0.4, -0.2) is 31.6 Å². The van der Waals surface area contributed by atoms with Gasteiger partial charge in [-0.2, -0.15) is 0 Å². The van der Waals surface area contributed by atoms with Crippen LogP contribution in [0.15, 0.2) is 41.7 Å². The number of aromatic nitrogens is 4. The van der Waals surface area contributed by atoms with E-state index in [4.69, 9.17) is 0 Å². The number of amides is 1. The molecule has 0 saturated carbocycles. The normalized spacial score (nSPS) is 13.5. The van der Waals surface area contributed by atoms with Crippen molar-refractivity contribution in [2.24, 2.45) is 0 Å². The van der Waals surface area contributed by atoms with Gasteiger partial charge in [-0.05, 0) is 49.8 Å². The van der Waals surface area contributed by atoms with Gasteiger partial charge in [0.2, 0.25) is 5.91 Å². The summed E-state index contributed by atoms with van der Waals surface area (Å²) in [6.07, 6.45) is 8.84. The number of thiophene rings is 1. The van der Waals surface area contributed by atoms with E-state index in [0.29, 0.717) is 13.1 Å². The van der Waals surface area contributed by atoms with E-state index in [2.05, 4.69) is 19.9 Å². The zero-order valence-electron chi connectivity index (χ0n) is 17.3. The molecule has 1 aromatic carbocycles. The summed E-state index contributed by atoms with van der Waals surface area (Å²) in [4.78, 5) is 36.3. The maximum Gasteiger partial charge on any atom is 0.262 e. The number of hydrogen-bond acceptors (Lipinski definition) is 5. The molecule has 0 unspecified atom stereocenters. The molecule has 8 heteroatoms. The molecule has 0 bridgehead atoms. The van der Waals surface area contributed by atoms with E-state index in [1.807, 2.05) is 30.6 Å². The van der Waals surface area contributed by atoms with Gasteiger partial charge in [-0.25, -0.2) is 9.97 Å². The fourth-order valence-electron chi connectivity index (χ4n) is 4.32. The molecule has 1 aliphatic rings. The maximum absolute atomic E-state index is 13.0. The molecular weight excluding hydrogens is 410 g/mol. The maximum atomic E-state index is 13.0. The van der Waals surface area contributed by atoms with Crippen molar-refractivity contribution < 1.29 is 4.79 Å². The third-order valence-corrected chi connectivity index (χ3v) is 7.15. The first-order valence-electron chi connectivity index (χ1n) is 10.9. The second kappa shape index (κ2) is 8.63. The smallest absolute Gasteiger partial charge is 0.262 e. The van der Waals surface area contributed by atoms with Gasteiger partial charge in [-0.3, -0.25) is 14.2 Å². The van der Waals surface area contributed by atoms with Crippen molar-refractivity contribution in [3.8, 4) is 0 Å². The number of carbonyl (C=O) groups excluding carboxylic acids is 1. The topological polar surface area (TPSA) is 81.8 Å². The van der Waals surface area contributed by atoms with Crippen LogP contribution in [0, 0.1) is 0 Å². The van der Waals surface area contributed by atoms with Crippen molar-refractivity contribution in [2.45, 2.75) is 51.6 Å². The molecule has 0 fully saturated rings. The van der Waals surface area contributed by atoms with Crippen LogP contribution in [0.1, 0.15) is 36.1 Å². The number of rotatable bonds is 7. The number of hydrogen-bond donors (Lipinski definition) is 1. The van der Waals surface area contributed by atoms with Crippen LogP contribution in [0.2, 0.25) is 0 Å². The van der Waals surface area contributed by atoms with Gasteiger partial charge in [0.1, 0.15) is 4.83 Å². The van der Waals surface area contributed by atoms with E-state index in [-0.39, 0.29) is 17.9 Å². The Bertz CT molecular complexity index is 1300. The highest BCUT2D eigenvalue weighted by molar-refractivity contribution is 7.18. The third-order valence-electron chi connectivity index (χ3n) is 5.95. The van der Waals surface area contributed by atoms with Crippen LogP contribution in [0.25, 0.3) is 21.3 Å². The van der Waals surface area contributed by atoms with Crippen LogP contribution in [0.5, 0.6) is 0 Å². The molecule has 1 N–H and O–H groups in total. The van der Waals surface area contributed by atoms with Crippen LogP contribution in [0.3, 0.4) is 0 Å². The highest BCUT2D eigenvalue weighted by atomic mass is 32.1. The van der Waals surface area contributed by atoms with Crippen LogP contribution >= 0.6 is 11.3 Å². The zero-order chi connectivity index (χ0) is 21.2. The Morgan fingerprint density at radius 2 is 1.90 bits per heavy atom. The molecular formula is C23H25N5O2S. The van der Waals surface area contributed by atoms with Gasteiger partial charge >= 0.3 is 0 Å². The minimum Gasteiger partial charge on any atom is -0.356 e. The fraction of sp³-hybridized carbons (Fsp3) is 0.391. The van der Waals surface area contributed by atoms with Crippen molar-refractivity contribution in [1.82, 2.24) is 24.4 Å². The highest BCUT2D eigenvalue weighted by Gasteiger charge is 2.20. The van der Waals surface area contributed by atoms with Gasteiger partial charge in [0.15, 0.2) is 0 Å². The Morgan fingerprint density at radius 3 is 2.84 bits per heavy atom. The van der Waals surface area contributed by atoms with Crippen molar-refractivity contribution >= 4 is 38.5 Å². The summed E-state index contributed by atoms with van der Waals surface area (Å²) in [5, 5.41) is 3.73. The molecule has 0 saturated heterocycles. The molecule has 3 heterocycles. The number of fused-ring (bicyclic) bond motifs is 4. The third kappa shape index (κ3) is 3.99. The number of imidazole rings is 1. The van der Waals surface area contributed by atoms with E-state index in [1.54, 1.807) is 22.2 Å². The monoisotopic (exact) mass is 435 g/mol. The summed E-state index contributed by atoms with van der Waals surface area (Å²) in [6.45, 7) is 1.74. The van der Waals surface area contributed by atoms with Crippen molar-refractivity contribution in [2.75, 3.05) is 6.54 Å². The Kier molecular flexibility index (Phi) is 5.55. The Morgan fingerprint density at radius 1 is 1.06 bits per heavy atom. The van der Waals surface area contributed by atoms with Crippen LogP contribution < -0.4 is 10.9 Å². The Balaban J connectivity index is 1.15. The number of carbonyl (C=O) groups is 1. The van der Waals surface area contributed by atoms with Crippen LogP contribution in [-0.2, 0) is 30.7 Å². The molecule has 1 amide bonds. The average molecular weight is 436 g/mol. The first-order chi connectivity index (χ1) is 15.2. The number of nitrogens with zero attached hydrogens (tertiary/aromatic N) is 4. The Labute approximate surface area is 183 Å². The average Bonchev–Trinajstić information content (AvgIpc) is 3.38. The summed E-state index contributed by atoms with van der Waals surface area (Å²) >= 11 is 1.65. The second-order valence-electron chi connectivity index (χ2n) is 8.01. The SMILES string of the molecule is O=C(CCn1cnc2sc3c(c2c1=O)CCCC3)NCCCn1cnc2ccccc21. The van der Waals surface area contributed by atoms with E-state index in [1.165, 1.54) is 16.9 Å². The van der Waals surface area contributed by atoms with E-state index >= 15 is 0 Å². The Hall–Kier alpha value is -3.00. The summed E-state index contributed by atoms with van der Waals surface area (Å²) in [6, 6.07) is 8.02. The predicted octanol–water partition coefficient (Wildman–Crippen LogP) is 3.28. The minimum absolute atomic E-state index is 0.0100. The lowest BCUT2D eigenvalue weighted by Crippen LogP contribution is -2.28. The number of aryl methyl sites for hydroxylation is 4. The highest BCUT2D eigenvalue weighted by Crippen LogP contribution is 2.33. The molecule has 0 aliphatic heterocycles. The first-order valence-corrected chi connectivity index (χ1v) is 11.7. The molecule has 160 valence electrons. The van der Waals surface area contributed by atoms with Gasteiger partial charge in [0.05, 0.1) is 29.1 Å². The number of nitrogens with one attached hydrogen (secondary N) is 1. The van der Waals surface area contributed by atoms with Crippen molar-refractivity contribution in [3.05, 3.63) is 57.7 Å². The molecule has 4 aromatic rings. The molecule has 7 nitrogen and oxygen atoms in total. The number of benzene rings is 1. The quantitative estimate of drug-likeness (QED) is 0.452. The lowest BCUT2D eigenvalue weighted by Gasteiger charge is -2.10. The molecule has 3 aromatic heterocycles. The minimum atomic E-state index is -0.0465. The van der Waals surface area contributed by atoms with Gasteiger partial charge < -0.3 is 9.88 Å². The molecule has 0 atom stereocenters. The zero-order valence-corrected chi connectivity index (χ0v) is 18.2. The summed E-state index contributed by atoms with van der Waals surface area (Å²) < 4.78 is 3.69. The summed E-state index contributed by atoms with van der Waals surface area (Å²) in [7, 11) is 0. The van der Waals surface area contributed by atoms with Crippen molar-refractivity contribution in [3.63, 3.8) is 0 Å². The van der Waals surface area contributed by atoms with Gasteiger partial charge in [-0.15, -0.1) is 11.3 Å². The largest absolute Gasteiger partial charge is 0.356 e. The predicted molar refractivity (Wildman–Crippen MR) is 122 cm³/mol. The van der Waals surface area contributed by atoms with Crippen molar-refractivity contribution in [1.29, 1.82) is 0 Å². The molecule has 0 radical (unpaired) electrons. The van der Waals surface area contributed by atoms with E-state index in [0.717, 1.165) is 53.5 Å². The molecule has 1 aliphatic carbocycles. The first kappa shape index (κ1) is 19.9. The molecule has 31 heavy (non-hydrogen) atoms. The van der Waals surface area contributed by atoms with Gasteiger partial charge in [0.25, 0.3) is 5.56 Å². The number of para-hydroxylation sites is 2. The lowest BCUT2D eigenvalue weighted by molar-refractivity contribution is -0.121. The lowest BCUT2D eigenvalue weighted by atomic mass is 9.97. The standard InChI is InChI=1S/C23H25N5O2S/c29-20(24-11-5-12-27-14-25-17-7-2-3-8-18(17)27)10-13-28-15-26-22-21(23(28)30)16-6-1-4-9-19(16)31-22/h2-3,7-8,14-15H,1,4-6,9-13H2,(H,24,29). The second-order valence-corrected chi connectivity index (χ2v) is 9.10. The van der Waals surface area contributed by atoms with E-state index in [9.17, 15) is 9.59 Å². The fourth-order valence-corrected chi connectivity index (χ4v) is 5.54. The van der Waals surface area contributed by atoms with Gasteiger partial charge in [-0.1, -0.05) is 12.1 Å². The van der Waals surface area contributed by atoms with E-state index < -0.39 is 0 Å².